The van der Waals surface area contributed by atoms with Gasteiger partial charge in [0.25, 0.3) is 0 Å². The maximum absolute atomic E-state index is 6.08. The van der Waals surface area contributed by atoms with E-state index in [1.54, 1.807) is 7.11 Å². The molecule has 2 unspecified atom stereocenters. The Labute approximate surface area is 117 Å². The molecule has 1 aliphatic carbocycles. The second-order valence-corrected chi connectivity index (χ2v) is 6.60. The molecule has 1 aliphatic heterocycles. The summed E-state index contributed by atoms with van der Waals surface area (Å²) in [5.74, 6) is 3.55. The monoisotopic (exact) mass is 283 g/mol. The Balaban J connectivity index is 1.83. The molecule has 2 atom stereocenters. The minimum atomic E-state index is -0.337. The fourth-order valence-electron chi connectivity index (χ4n) is 3.04. The van der Waals surface area contributed by atoms with Crippen LogP contribution >= 0.6 is 11.8 Å². The molecule has 19 heavy (non-hydrogen) atoms. The molecule has 6 heteroatoms. The Hall–Kier alpha value is -0.590. The summed E-state index contributed by atoms with van der Waals surface area (Å²) in [4.78, 5) is 4.61. The third-order valence-corrected chi connectivity index (χ3v) is 5.56. The van der Waals surface area contributed by atoms with Crippen LogP contribution in [-0.2, 0) is 10.3 Å². The molecular formula is C13H21N3O2S. The van der Waals surface area contributed by atoms with Crippen molar-refractivity contribution in [2.24, 2.45) is 5.73 Å². The highest BCUT2D eigenvalue weighted by Crippen LogP contribution is 2.39. The van der Waals surface area contributed by atoms with Crippen LogP contribution in [0.3, 0.4) is 0 Å². The molecule has 0 aromatic carbocycles. The first kappa shape index (κ1) is 13.4. The average Bonchev–Trinajstić information content (AvgIpc) is 3.08. The third-order valence-electron chi connectivity index (χ3n) is 4.34. The van der Waals surface area contributed by atoms with Gasteiger partial charge in [-0.25, -0.2) is 0 Å². The van der Waals surface area contributed by atoms with Crippen LogP contribution in [0.1, 0.15) is 49.7 Å². The standard InChI is InChI=1S/C13H21N3O2S/c1-17-13(5-3-2-4-6-13)12-15-11(18-16-12)9-7-19-8-10(9)14/h9-10H,2-8,14H2,1H3. The van der Waals surface area contributed by atoms with Crippen molar-refractivity contribution in [2.45, 2.75) is 49.7 Å². The summed E-state index contributed by atoms with van der Waals surface area (Å²) >= 11 is 1.85. The summed E-state index contributed by atoms with van der Waals surface area (Å²) < 4.78 is 11.2. The van der Waals surface area contributed by atoms with E-state index in [4.69, 9.17) is 15.0 Å². The van der Waals surface area contributed by atoms with E-state index in [0.29, 0.717) is 11.7 Å². The van der Waals surface area contributed by atoms with Gasteiger partial charge in [-0.2, -0.15) is 16.7 Å². The van der Waals surface area contributed by atoms with Crippen molar-refractivity contribution in [2.75, 3.05) is 18.6 Å². The lowest BCUT2D eigenvalue weighted by Gasteiger charge is -2.32. The summed E-state index contributed by atoms with van der Waals surface area (Å²) in [5.41, 5.74) is 5.75. The van der Waals surface area contributed by atoms with Gasteiger partial charge in [0, 0.05) is 24.7 Å². The first-order valence-electron chi connectivity index (χ1n) is 6.98. The highest BCUT2D eigenvalue weighted by molar-refractivity contribution is 7.99. The average molecular weight is 283 g/mol. The number of rotatable bonds is 3. The second-order valence-electron chi connectivity index (χ2n) is 5.52. The maximum atomic E-state index is 6.08. The molecule has 1 saturated carbocycles. The molecule has 2 N–H and O–H groups in total. The summed E-state index contributed by atoms with van der Waals surface area (Å²) in [6, 6.07) is 0.128. The highest BCUT2D eigenvalue weighted by atomic mass is 32.2. The molecule has 1 aromatic heterocycles. The number of thioether (sulfide) groups is 1. The van der Waals surface area contributed by atoms with Gasteiger partial charge in [0.2, 0.25) is 11.7 Å². The number of ether oxygens (including phenoxy) is 1. The van der Waals surface area contributed by atoms with Gasteiger partial charge >= 0.3 is 0 Å². The molecule has 1 saturated heterocycles. The Morgan fingerprint density at radius 1 is 1.32 bits per heavy atom. The van der Waals surface area contributed by atoms with Crippen LogP contribution in [0.15, 0.2) is 4.52 Å². The van der Waals surface area contributed by atoms with Crippen LogP contribution in [0.2, 0.25) is 0 Å². The van der Waals surface area contributed by atoms with E-state index in [1.165, 1.54) is 6.42 Å². The van der Waals surface area contributed by atoms with Gasteiger partial charge in [0.15, 0.2) is 0 Å². The summed E-state index contributed by atoms with van der Waals surface area (Å²) in [6.45, 7) is 0. The molecule has 0 amide bonds. The number of nitrogens with two attached hydrogens (primary N) is 1. The van der Waals surface area contributed by atoms with Gasteiger partial charge in [0.05, 0.1) is 5.92 Å². The zero-order valence-corrected chi connectivity index (χ0v) is 12.1. The quantitative estimate of drug-likeness (QED) is 0.915. The number of aromatic nitrogens is 2. The molecule has 3 rings (SSSR count). The molecule has 1 aromatic rings. The third kappa shape index (κ3) is 2.41. The smallest absolute Gasteiger partial charge is 0.232 e. The Morgan fingerprint density at radius 3 is 2.74 bits per heavy atom. The van der Waals surface area contributed by atoms with Gasteiger partial charge in [-0.15, -0.1) is 0 Å². The maximum Gasteiger partial charge on any atom is 0.232 e. The Kier molecular flexibility index (Phi) is 3.82. The van der Waals surface area contributed by atoms with Crippen LogP contribution in [0.4, 0.5) is 0 Å². The van der Waals surface area contributed by atoms with E-state index in [-0.39, 0.29) is 17.6 Å². The van der Waals surface area contributed by atoms with Crippen LogP contribution in [-0.4, -0.2) is 34.8 Å². The molecular weight excluding hydrogens is 262 g/mol. The first-order chi connectivity index (χ1) is 9.25. The number of hydrogen-bond donors (Lipinski definition) is 1. The fourth-order valence-corrected chi connectivity index (χ4v) is 4.32. The SMILES string of the molecule is COC1(c2noc(C3CSCC3N)n2)CCCCC1. The molecule has 106 valence electrons. The van der Waals surface area contributed by atoms with Crippen molar-refractivity contribution in [3.8, 4) is 0 Å². The predicted molar refractivity (Wildman–Crippen MR) is 74.1 cm³/mol. The molecule has 0 spiro atoms. The van der Waals surface area contributed by atoms with Crippen molar-refractivity contribution >= 4 is 11.8 Å². The lowest BCUT2D eigenvalue weighted by molar-refractivity contribution is -0.0527. The van der Waals surface area contributed by atoms with Crippen LogP contribution in [0.25, 0.3) is 0 Å². The van der Waals surface area contributed by atoms with Crippen molar-refractivity contribution in [1.29, 1.82) is 0 Å². The summed E-state index contributed by atoms with van der Waals surface area (Å²) in [7, 11) is 1.75. The zero-order chi connectivity index (χ0) is 13.3. The predicted octanol–water partition coefficient (Wildman–Crippen LogP) is 2.03. The largest absolute Gasteiger partial charge is 0.370 e. The molecule has 2 heterocycles. The van der Waals surface area contributed by atoms with E-state index in [9.17, 15) is 0 Å². The van der Waals surface area contributed by atoms with E-state index in [1.807, 2.05) is 11.8 Å². The molecule has 2 aliphatic rings. The normalized spacial score (nSPS) is 30.6. The molecule has 0 radical (unpaired) electrons. The van der Waals surface area contributed by atoms with Crippen LogP contribution in [0.5, 0.6) is 0 Å². The minimum Gasteiger partial charge on any atom is -0.370 e. The van der Waals surface area contributed by atoms with Crippen molar-refractivity contribution in [3.63, 3.8) is 0 Å². The van der Waals surface area contributed by atoms with Gasteiger partial charge in [0.1, 0.15) is 5.60 Å². The van der Waals surface area contributed by atoms with Gasteiger partial charge in [-0.05, 0) is 12.8 Å². The number of methoxy groups -OCH3 is 1. The summed E-state index contributed by atoms with van der Waals surface area (Å²) in [5, 5.41) is 4.19. The van der Waals surface area contributed by atoms with Gasteiger partial charge < -0.3 is 15.0 Å². The fraction of sp³-hybridized carbons (Fsp3) is 0.846. The number of nitrogens with zero attached hydrogens (tertiary/aromatic N) is 2. The lowest BCUT2D eigenvalue weighted by atomic mass is 9.84. The van der Waals surface area contributed by atoms with E-state index >= 15 is 0 Å². The van der Waals surface area contributed by atoms with E-state index in [0.717, 1.165) is 37.2 Å². The van der Waals surface area contributed by atoms with Crippen LogP contribution < -0.4 is 5.73 Å². The molecule has 2 fully saturated rings. The van der Waals surface area contributed by atoms with Crippen molar-refractivity contribution in [1.82, 2.24) is 10.1 Å². The second kappa shape index (κ2) is 5.42. The highest BCUT2D eigenvalue weighted by Gasteiger charge is 2.40. The first-order valence-corrected chi connectivity index (χ1v) is 8.13. The van der Waals surface area contributed by atoms with Crippen LogP contribution in [0, 0.1) is 0 Å². The van der Waals surface area contributed by atoms with Gasteiger partial charge in [-0.3, -0.25) is 0 Å². The van der Waals surface area contributed by atoms with Crippen molar-refractivity contribution < 1.29 is 9.26 Å². The zero-order valence-electron chi connectivity index (χ0n) is 11.3. The topological polar surface area (TPSA) is 74.2 Å². The number of hydrogen-bond acceptors (Lipinski definition) is 6. The molecule has 5 nitrogen and oxygen atoms in total. The summed E-state index contributed by atoms with van der Waals surface area (Å²) in [6.07, 6.45) is 5.55. The molecule has 0 bridgehead atoms. The van der Waals surface area contributed by atoms with E-state index in [2.05, 4.69) is 10.1 Å². The van der Waals surface area contributed by atoms with Gasteiger partial charge in [-0.1, -0.05) is 24.4 Å². The van der Waals surface area contributed by atoms with Crippen molar-refractivity contribution in [3.05, 3.63) is 11.7 Å². The van der Waals surface area contributed by atoms with E-state index < -0.39 is 0 Å². The Morgan fingerprint density at radius 2 is 2.11 bits per heavy atom. The Bertz CT molecular complexity index is 431. The minimum absolute atomic E-state index is 0.128. The lowest BCUT2D eigenvalue weighted by Crippen LogP contribution is -2.32.